The summed E-state index contributed by atoms with van der Waals surface area (Å²) >= 11 is 6.11. The Kier molecular flexibility index (Phi) is 9.58. The second kappa shape index (κ2) is 12.8. The number of methoxy groups -OCH3 is 1. The van der Waals surface area contributed by atoms with E-state index in [1.165, 1.54) is 30.4 Å². The van der Waals surface area contributed by atoms with Crippen LogP contribution < -0.4 is 10.1 Å². The zero-order valence-corrected chi connectivity index (χ0v) is 22.9. The van der Waals surface area contributed by atoms with Crippen LogP contribution in [0.3, 0.4) is 0 Å². The Morgan fingerprint density at radius 2 is 1.78 bits per heavy atom. The van der Waals surface area contributed by atoms with E-state index in [1.54, 1.807) is 7.11 Å². The lowest BCUT2D eigenvalue weighted by molar-refractivity contribution is 0.212. The van der Waals surface area contributed by atoms with E-state index >= 15 is 0 Å². The van der Waals surface area contributed by atoms with E-state index in [-0.39, 0.29) is 5.41 Å². The van der Waals surface area contributed by atoms with Crippen molar-refractivity contribution in [2.75, 3.05) is 46.4 Å². The van der Waals surface area contributed by atoms with E-state index in [4.69, 9.17) is 26.3 Å². The summed E-state index contributed by atoms with van der Waals surface area (Å²) in [6, 6.07) is 16.7. The molecular formula is C30H41ClN4O. The van der Waals surface area contributed by atoms with Crippen LogP contribution in [0.15, 0.2) is 58.5 Å². The highest BCUT2D eigenvalue weighted by Gasteiger charge is 2.44. The number of hydrogen-bond donors (Lipinski definition) is 1. The highest BCUT2D eigenvalue weighted by molar-refractivity contribution is 6.30. The number of likely N-dealkylation sites (tertiary alicyclic amines) is 1. The fraction of sp³-hybridized carbons (Fsp3) is 0.533. The van der Waals surface area contributed by atoms with Crippen LogP contribution in [-0.2, 0) is 5.41 Å². The second-order valence-electron chi connectivity index (χ2n) is 9.80. The van der Waals surface area contributed by atoms with Crippen molar-refractivity contribution in [3.8, 4) is 5.75 Å². The van der Waals surface area contributed by atoms with Crippen molar-refractivity contribution in [1.29, 1.82) is 0 Å². The number of piperidine rings is 1. The van der Waals surface area contributed by atoms with Gasteiger partial charge in [-0.1, -0.05) is 62.2 Å². The van der Waals surface area contributed by atoms with E-state index in [1.807, 2.05) is 26.0 Å². The van der Waals surface area contributed by atoms with Crippen molar-refractivity contribution >= 4 is 23.1 Å². The van der Waals surface area contributed by atoms with E-state index in [9.17, 15) is 0 Å². The molecule has 0 amide bonds. The third-order valence-electron chi connectivity index (χ3n) is 7.81. The normalized spacial score (nSPS) is 19.6. The molecule has 2 heterocycles. The highest BCUT2D eigenvalue weighted by Crippen LogP contribution is 2.46. The molecule has 0 radical (unpaired) electrons. The molecule has 6 heteroatoms. The average molecular weight is 509 g/mol. The first-order valence-electron chi connectivity index (χ1n) is 13.6. The Balaban J connectivity index is 0.00000148. The van der Waals surface area contributed by atoms with Gasteiger partial charge in [-0.3, -0.25) is 4.99 Å². The Morgan fingerprint density at radius 3 is 2.44 bits per heavy atom. The fourth-order valence-corrected chi connectivity index (χ4v) is 5.75. The molecule has 36 heavy (non-hydrogen) atoms. The molecule has 1 aliphatic carbocycles. The van der Waals surface area contributed by atoms with E-state index in [2.05, 4.69) is 46.6 Å². The van der Waals surface area contributed by atoms with Crippen LogP contribution in [0.1, 0.15) is 63.0 Å². The molecule has 2 fully saturated rings. The fourth-order valence-electron chi connectivity index (χ4n) is 5.62. The van der Waals surface area contributed by atoms with Gasteiger partial charge >= 0.3 is 0 Å². The Bertz CT molecular complexity index is 1040. The molecule has 0 atom stereocenters. The van der Waals surface area contributed by atoms with Gasteiger partial charge in [0, 0.05) is 24.7 Å². The molecule has 1 N–H and O–H groups in total. The summed E-state index contributed by atoms with van der Waals surface area (Å²) < 4.78 is 5.57. The number of benzene rings is 2. The molecule has 1 saturated heterocycles. The Morgan fingerprint density at radius 1 is 1.06 bits per heavy atom. The van der Waals surface area contributed by atoms with E-state index in [0.717, 1.165) is 74.4 Å². The largest absolute Gasteiger partial charge is 0.496 e. The maximum Gasteiger partial charge on any atom is 0.134 e. The van der Waals surface area contributed by atoms with Gasteiger partial charge in [-0.05, 0) is 74.0 Å². The summed E-state index contributed by atoms with van der Waals surface area (Å²) in [5, 5.41) is 4.39. The van der Waals surface area contributed by atoms with Crippen molar-refractivity contribution < 1.29 is 4.74 Å². The average Bonchev–Trinajstić information content (AvgIpc) is 3.37. The van der Waals surface area contributed by atoms with Crippen LogP contribution in [0, 0.1) is 0 Å². The number of hydrogen-bond acceptors (Lipinski definition) is 5. The van der Waals surface area contributed by atoms with Crippen molar-refractivity contribution in [3.05, 3.63) is 64.7 Å². The minimum atomic E-state index is -0.00187. The maximum atomic E-state index is 6.11. The van der Waals surface area contributed by atoms with Gasteiger partial charge < -0.3 is 15.0 Å². The summed E-state index contributed by atoms with van der Waals surface area (Å²) in [5.74, 6) is 2.65. The maximum absolute atomic E-state index is 6.11. The van der Waals surface area contributed by atoms with Crippen LogP contribution in [0.5, 0.6) is 5.75 Å². The second-order valence-corrected chi connectivity index (χ2v) is 10.2. The van der Waals surface area contributed by atoms with Gasteiger partial charge in [0.15, 0.2) is 0 Å². The molecule has 2 aromatic rings. The molecule has 0 bridgehead atoms. The lowest BCUT2D eigenvalue weighted by atomic mass is 9.63. The lowest BCUT2D eigenvalue weighted by Gasteiger charge is -2.41. The van der Waals surface area contributed by atoms with Crippen LogP contribution in [0.25, 0.3) is 0 Å². The predicted octanol–water partition coefficient (Wildman–Crippen LogP) is 6.12. The van der Waals surface area contributed by atoms with Crippen molar-refractivity contribution in [2.24, 2.45) is 9.98 Å². The summed E-state index contributed by atoms with van der Waals surface area (Å²) in [4.78, 5) is 12.4. The summed E-state index contributed by atoms with van der Waals surface area (Å²) in [6.45, 7) is 9.89. The van der Waals surface area contributed by atoms with Gasteiger partial charge in [-0.15, -0.1) is 0 Å². The lowest BCUT2D eigenvalue weighted by Crippen LogP contribution is -2.41. The third kappa shape index (κ3) is 6.01. The highest BCUT2D eigenvalue weighted by atomic mass is 35.5. The molecule has 194 valence electrons. The Labute approximate surface area is 222 Å². The number of para-hydroxylation sites is 1. The first-order valence-corrected chi connectivity index (χ1v) is 14.0. The Hall–Kier alpha value is -2.21. The van der Waals surface area contributed by atoms with E-state index < -0.39 is 0 Å². The van der Waals surface area contributed by atoms with Gasteiger partial charge in [-0.2, -0.15) is 0 Å². The van der Waals surface area contributed by atoms with Gasteiger partial charge in [0.25, 0.3) is 0 Å². The molecule has 0 spiro atoms. The van der Waals surface area contributed by atoms with Gasteiger partial charge in [0.2, 0.25) is 0 Å². The van der Waals surface area contributed by atoms with Crippen LogP contribution in [0.4, 0.5) is 0 Å². The number of amidine groups is 1. The quantitative estimate of drug-likeness (QED) is 0.415. The van der Waals surface area contributed by atoms with Crippen LogP contribution >= 0.6 is 11.6 Å². The van der Waals surface area contributed by atoms with Gasteiger partial charge in [0.1, 0.15) is 11.6 Å². The summed E-state index contributed by atoms with van der Waals surface area (Å²) in [6.07, 6.45) is 5.87. The number of rotatable bonds is 9. The molecule has 1 saturated carbocycles. The van der Waals surface area contributed by atoms with Crippen LogP contribution in [0.2, 0.25) is 5.02 Å². The number of aliphatic imine (C=N–C) groups is 2. The topological polar surface area (TPSA) is 49.2 Å². The van der Waals surface area contributed by atoms with Crippen molar-refractivity contribution in [2.45, 2.75) is 57.3 Å². The van der Waals surface area contributed by atoms with Crippen molar-refractivity contribution in [3.63, 3.8) is 0 Å². The van der Waals surface area contributed by atoms with Crippen molar-refractivity contribution in [1.82, 2.24) is 10.2 Å². The first-order chi connectivity index (χ1) is 17.7. The smallest absolute Gasteiger partial charge is 0.134 e. The molecular weight excluding hydrogens is 468 g/mol. The molecule has 2 aliphatic heterocycles. The minimum absolute atomic E-state index is 0.00187. The third-order valence-corrected chi connectivity index (χ3v) is 8.06. The predicted molar refractivity (Wildman–Crippen MR) is 152 cm³/mol. The van der Waals surface area contributed by atoms with E-state index in [0.29, 0.717) is 5.92 Å². The molecule has 0 aromatic heterocycles. The molecule has 2 aromatic carbocycles. The first kappa shape index (κ1) is 26.8. The number of nitrogens with one attached hydrogen (secondary N) is 1. The summed E-state index contributed by atoms with van der Waals surface area (Å²) in [5.41, 5.74) is 3.82. The summed E-state index contributed by atoms with van der Waals surface area (Å²) in [7, 11) is 1.77. The SMILES string of the molecule is CC.COc1ccccc1C1CCN(CCNCC2=NC(C3(c4ccc(Cl)cc4)CCC3)=NC2)CC1. The van der Waals surface area contributed by atoms with Gasteiger partial charge in [0.05, 0.1) is 24.8 Å². The zero-order valence-electron chi connectivity index (χ0n) is 22.1. The molecule has 3 aliphatic rings. The number of ether oxygens (including phenoxy) is 1. The molecule has 0 unspecified atom stereocenters. The number of nitrogens with zero attached hydrogens (tertiary/aromatic N) is 3. The van der Waals surface area contributed by atoms with Crippen LogP contribution in [-0.4, -0.2) is 62.8 Å². The molecule has 5 nitrogen and oxygen atoms in total. The monoisotopic (exact) mass is 508 g/mol. The minimum Gasteiger partial charge on any atom is -0.496 e. The van der Waals surface area contributed by atoms with Gasteiger partial charge in [-0.25, -0.2) is 4.99 Å². The molecule has 5 rings (SSSR count). The number of halogens is 1. The zero-order chi connectivity index (χ0) is 25.4. The standard InChI is InChI=1S/C28H35ClN4O.C2H6/c1-34-26-6-3-2-5-25(26)21-11-16-33(17-12-21)18-15-30-19-24-20-31-27(32-24)28(13-4-14-28)22-7-9-23(29)10-8-22;1-2/h2-3,5-10,21,30H,4,11-20H2,1H3;1-2H3.